The number of cyclic esters (lactones) is 1. The van der Waals surface area contributed by atoms with E-state index in [4.69, 9.17) is 12.3 Å². The molecule has 1 aliphatic heterocycles. The number of ether oxygens (including phenoxy) is 1. The van der Waals surface area contributed by atoms with Gasteiger partial charge in [0.05, 0.1) is 21.5 Å². The Kier molecular flexibility index (Phi) is 1.06. The molecule has 0 saturated carbocycles. The Bertz CT molecular complexity index is 671. The van der Waals surface area contributed by atoms with Gasteiger partial charge in [0.15, 0.2) is 0 Å². The molecule has 2 heterocycles. The van der Waals surface area contributed by atoms with Gasteiger partial charge in [0.2, 0.25) is 0 Å². The lowest BCUT2D eigenvalue weighted by Crippen LogP contribution is -2.18. The first-order chi connectivity index (χ1) is 10.7. The molecule has 0 aliphatic carbocycles. The topological polar surface area (TPSA) is 44.1 Å². The molecule has 1 aliphatic rings. The first kappa shape index (κ1) is 3.92. The largest absolute Gasteiger partial charge is 0.465 e. The molecule has 2 rings (SSSR count). The second kappa shape index (κ2) is 4.04. The van der Waals surface area contributed by atoms with Crippen LogP contribution < -0.4 is 0 Å². The van der Waals surface area contributed by atoms with Crippen molar-refractivity contribution in [3.8, 4) is 0 Å². The molecule has 0 bridgehead atoms. The van der Waals surface area contributed by atoms with Crippen molar-refractivity contribution in [1.29, 1.82) is 0 Å². The number of hydrogen-bond donors (Lipinski definition) is 0. The summed E-state index contributed by atoms with van der Waals surface area (Å²) in [5, 5.41) is 0. The van der Waals surface area contributed by atoms with E-state index in [0.717, 1.165) is 12.5 Å². The summed E-state index contributed by atoms with van der Waals surface area (Å²) in [6.07, 6.45) is -1.78. The fourth-order valence-corrected chi connectivity index (χ4v) is 1.26. The fourth-order valence-electron chi connectivity index (χ4n) is 1.26. The van der Waals surface area contributed by atoms with E-state index in [2.05, 4.69) is 9.72 Å². The van der Waals surface area contributed by atoms with Crippen LogP contribution in [0.2, 0.25) is 0 Å². The monoisotopic (exact) mass is 217 g/mol. The first-order valence-corrected chi connectivity index (χ1v) is 4.43. The summed E-state index contributed by atoms with van der Waals surface area (Å²) in [6.45, 7) is -4.64. The Hall–Kier alpha value is -1.32. The molecule has 2 atom stereocenters. The molecular formula is C11H16N2O2. The number of carbonyl (C=O) groups is 1. The highest BCUT2D eigenvalue weighted by Crippen LogP contribution is 2.27. The minimum Gasteiger partial charge on any atom is -0.465 e. The zero-order valence-corrected chi connectivity index (χ0v) is 8.07. The van der Waals surface area contributed by atoms with Crippen LogP contribution in [0, 0.1) is 11.8 Å². The maximum atomic E-state index is 12.0. The third-order valence-electron chi connectivity index (χ3n) is 2.04. The third kappa shape index (κ3) is 1.89. The van der Waals surface area contributed by atoms with Gasteiger partial charge in [-0.25, -0.2) is 4.98 Å². The van der Waals surface area contributed by atoms with Crippen LogP contribution in [0.5, 0.6) is 0 Å². The molecule has 0 aromatic carbocycles. The Labute approximate surface area is 102 Å². The number of imidazole rings is 1. The van der Waals surface area contributed by atoms with Crippen molar-refractivity contribution < 1.29 is 21.9 Å². The summed E-state index contributed by atoms with van der Waals surface area (Å²) in [5.74, 6) is -6.99. The van der Waals surface area contributed by atoms with Crippen molar-refractivity contribution in [2.75, 3.05) is 6.56 Å². The van der Waals surface area contributed by atoms with Gasteiger partial charge in [-0.2, -0.15) is 0 Å². The zero-order chi connectivity index (χ0) is 18.8. The Morgan fingerprint density at radius 2 is 2.87 bits per heavy atom. The molecule has 0 radical (unpaired) electrons. The fraction of sp³-hybridized carbons (Fsp3) is 0.636. The number of nitrogens with zero attached hydrogens (tertiary/aromatic N) is 2. The molecule has 0 unspecified atom stereocenters. The van der Waals surface area contributed by atoms with E-state index in [1.807, 2.05) is 0 Å². The Balaban J connectivity index is 2.75. The van der Waals surface area contributed by atoms with Crippen LogP contribution in [0.3, 0.4) is 0 Å². The maximum Gasteiger partial charge on any atom is 0.309 e. The molecule has 1 aromatic rings. The molecule has 0 spiro atoms. The van der Waals surface area contributed by atoms with Gasteiger partial charge in [0.1, 0.15) is 0 Å². The quantitative estimate of drug-likeness (QED) is 0.714. The highest BCUT2D eigenvalue weighted by atomic mass is 16.5. The van der Waals surface area contributed by atoms with Crippen LogP contribution in [-0.4, -0.2) is 22.1 Å². The van der Waals surface area contributed by atoms with Gasteiger partial charge < -0.3 is 9.30 Å². The van der Waals surface area contributed by atoms with Crippen molar-refractivity contribution in [3.63, 3.8) is 0 Å². The van der Waals surface area contributed by atoms with E-state index in [1.54, 1.807) is 0 Å². The van der Waals surface area contributed by atoms with Crippen LogP contribution in [0.15, 0.2) is 12.5 Å². The highest BCUT2D eigenvalue weighted by Gasteiger charge is 2.35. The van der Waals surface area contributed by atoms with Crippen molar-refractivity contribution >= 4 is 5.97 Å². The highest BCUT2D eigenvalue weighted by molar-refractivity contribution is 5.74. The molecule has 82 valence electrons. The molecule has 1 aromatic heterocycles. The predicted molar refractivity (Wildman–Crippen MR) is 55.1 cm³/mol. The molecule has 4 heteroatoms. The maximum absolute atomic E-state index is 12.0. The lowest BCUT2D eigenvalue weighted by molar-refractivity contribution is -0.141. The van der Waals surface area contributed by atoms with Crippen LogP contribution in [0.4, 0.5) is 0 Å². The van der Waals surface area contributed by atoms with Gasteiger partial charge in [-0.05, 0) is 12.8 Å². The molecule has 15 heavy (non-hydrogen) atoms. The number of carbonyl (C=O) groups excluding carboxylic acids is 1. The summed E-state index contributed by atoms with van der Waals surface area (Å²) < 4.78 is 76.1. The van der Waals surface area contributed by atoms with Gasteiger partial charge in [-0.1, -0.05) is 6.92 Å². The van der Waals surface area contributed by atoms with Crippen molar-refractivity contribution in [2.45, 2.75) is 19.7 Å². The first-order valence-electron chi connectivity index (χ1n) is 8.93. The summed E-state index contributed by atoms with van der Waals surface area (Å²) in [7, 11) is 0. The van der Waals surface area contributed by atoms with Crippen molar-refractivity contribution in [2.24, 2.45) is 18.8 Å². The smallest absolute Gasteiger partial charge is 0.309 e. The number of aromatic nitrogens is 2. The van der Waals surface area contributed by atoms with E-state index in [-0.39, 0.29) is 0 Å². The van der Waals surface area contributed by atoms with E-state index >= 15 is 0 Å². The average molecular weight is 217 g/mol. The minimum atomic E-state index is -3.14. The molecule has 1 saturated heterocycles. The normalized spacial score (nSPS) is 49.4. The summed E-state index contributed by atoms with van der Waals surface area (Å²) in [6, 6.07) is 0. The minimum absolute atomic E-state index is 0.393. The van der Waals surface area contributed by atoms with E-state index < -0.39 is 49.8 Å². The van der Waals surface area contributed by atoms with E-state index in [9.17, 15) is 4.79 Å². The Morgan fingerprint density at radius 3 is 3.60 bits per heavy atom. The lowest BCUT2D eigenvalue weighted by Gasteiger charge is -2.12. The third-order valence-corrected chi connectivity index (χ3v) is 2.04. The lowest BCUT2D eigenvalue weighted by atomic mass is 9.89. The van der Waals surface area contributed by atoms with Crippen molar-refractivity contribution in [1.82, 2.24) is 9.55 Å². The van der Waals surface area contributed by atoms with Gasteiger partial charge in [0, 0.05) is 34.4 Å². The standard InChI is InChI=1S/C11H16N2O2/c1-3-10-8(6-15-11(10)14)4-9-5-12-7-13(9)2/h5,7-8,10H,3-4,6H2,1-2H3/t8-,10-/m0/s1/i2D3,4D2,6D2,8D,10D. The summed E-state index contributed by atoms with van der Waals surface area (Å²) >= 11 is 0. The molecule has 0 N–H and O–H groups in total. The van der Waals surface area contributed by atoms with Crippen LogP contribution in [0.1, 0.15) is 31.4 Å². The summed E-state index contributed by atoms with van der Waals surface area (Å²) in [4.78, 5) is 15.6. The van der Waals surface area contributed by atoms with Gasteiger partial charge >= 0.3 is 5.97 Å². The van der Waals surface area contributed by atoms with E-state index in [0.29, 0.717) is 4.57 Å². The predicted octanol–water partition coefficient (Wildman–Crippen LogP) is 1.16. The number of hydrogen-bond acceptors (Lipinski definition) is 3. The molecule has 1 fully saturated rings. The van der Waals surface area contributed by atoms with Gasteiger partial charge in [0.25, 0.3) is 0 Å². The van der Waals surface area contributed by atoms with Crippen LogP contribution in [-0.2, 0) is 22.9 Å². The zero-order valence-electron chi connectivity index (χ0n) is 17.1. The number of aryl methyl sites for hydroxylation is 1. The molecule has 4 nitrogen and oxygen atoms in total. The Morgan fingerprint density at radius 1 is 2.00 bits per heavy atom. The van der Waals surface area contributed by atoms with Gasteiger partial charge in [-0.15, -0.1) is 0 Å². The summed E-state index contributed by atoms with van der Waals surface area (Å²) in [5.41, 5.74) is -0.634. The van der Waals surface area contributed by atoms with Crippen LogP contribution >= 0.6 is 0 Å². The second-order valence-corrected chi connectivity index (χ2v) is 2.97. The van der Waals surface area contributed by atoms with Gasteiger partial charge in [-0.3, -0.25) is 4.79 Å². The van der Waals surface area contributed by atoms with Crippen LogP contribution in [0.25, 0.3) is 0 Å². The molecular weight excluding hydrogens is 192 g/mol. The number of rotatable bonds is 3. The van der Waals surface area contributed by atoms with Crippen molar-refractivity contribution in [3.05, 3.63) is 18.2 Å². The average Bonchev–Trinajstić information content (AvgIpc) is 2.98. The SMILES string of the molecule is [2H]C([2H])([2H])n1cncc1C([2H])([2H])[C@@]1([2H])C([2H])([2H])OC(=O)[C@@]1([2H])CC. The second-order valence-electron chi connectivity index (χ2n) is 2.97. The van der Waals surface area contributed by atoms with E-state index in [1.165, 1.54) is 6.92 Å². The number of esters is 1. The molecule has 0 amide bonds.